The Labute approximate surface area is 157 Å². The largest absolute Gasteiger partial charge is 0.368 e. The summed E-state index contributed by atoms with van der Waals surface area (Å²) in [6.45, 7) is 4.00. The van der Waals surface area contributed by atoms with Gasteiger partial charge in [-0.15, -0.1) is 0 Å². The summed E-state index contributed by atoms with van der Waals surface area (Å²) in [5.74, 6) is 0. The van der Waals surface area contributed by atoms with Gasteiger partial charge in [0.05, 0.1) is 0 Å². The lowest BCUT2D eigenvalue weighted by atomic mass is 10.1. The number of hydrogen-bond acceptors (Lipinski definition) is 3. The second-order valence-electron chi connectivity index (χ2n) is 6.41. The van der Waals surface area contributed by atoms with Crippen LogP contribution in [-0.4, -0.2) is 31.2 Å². The van der Waals surface area contributed by atoms with Gasteiger partial charge in [0.1, 0.15) is 5.02 Å². The van der Waals surface area contributed by atoms with E-state index in [2.05, 4.69) is 57.2 Å². The van der Waals surface area contributed by atoms with Crippen LogP contribution in [0.4, 0.5) is 11.4 Å². The summed E-state index contributed by atoms with van der Waals surface area (Å²) in [5, 5.41) is 0.210. The number of aromatic nitrogens is 1. The molecule has 1 aliphatic heterocycles. The van der Waals surface area contributed by atoms with Crippen LogP contribution in [0, 0.1) is 0 Å². The minimum absolute atomic E-state index is 0.210. The van der Waals surface area contributed by atoms with Crippen LogP contribution in [0.2, 0.25) is 5.02 Å². The highest BCUT2D eigenvalue weighted by Crippen LogP contribution is 2.24. The molecular formula is C21H20ClN3O. The Balaban J connectivity index is 1.45. The fourth-order valence-corrected chi connectivity index (χ4v) is 3.45. The predicted octanol–water partition coefficient (Wildman–Crippen LogP) is 4.02. The maximum atomic E-state index is 11.7. The first-order valence-corrected chi connectivity index (χ1v) is 9.13. The van der Waals surface area contributed by atoms with E-state index in [1.165, 1.54) is 11.4 Å². The van der Waals surface area contributed by atoms with Crippen molar-refractivity contribution >= 4 is 23.0 Å². The second-order valence-corrected chi connectivity index (χ2v) is 6.81. The highest BCUT2D eigenvalue weighted by molar-refractivity contribution is 6.30. The van der Waals surface area contributed by atoms with Crippen LogP contribution in [0.3, 0.4) is 0 Å². The van der Waals surface area contributed by atoms with E-state index in [4.69, 9.17) is 11.6 Å². The molecule has 5 heteroatoms. The zero-order valence-electron chi connectivity index (χ0n) is 14.4. The van der Waals surface area contributed by atoms with Gasteiger partial charge in [0.15, 0.2) is 0 Å². The van der Waals surface area contributed by atoms with Gasteiger partial charge in [-0.25, -0.2) is 0 Å². The molecule has 1 aliphatic rings. The molecule has 132 valence electrons. The van der Waals surface area contributed by atoms with Crippen molar-refractivity contribution in [3.05, 3.63) is 82.1 Å². The van der Waals surface area contributed by atoms with E-state index < -0.39 is 0 Å². The number of nitrogens with zero attached hydrogens (tertiary/aromatic N) is 2. The summed E-state index contributed by atoms with van der Waals surface area (Å²) in [4.78, 5) is 19.3. The Kier molecular flexibility index (Phi) is 4.67. The third-order valence-electron chi connectivity index (χ3n) is 4.81. The molecule has 0 atom stereocenters. The quantitative estimate of drug-likeness (QED) is 0.762. The molecule has 0 bridgehead atoms. The zero-order valence-corrected chi connectivity index (χ0v) is 15.1. The average molecular weight is 366 g/mol. The van der Waals surface area contributed by atoms with Gasteiger partial charge in [0.25, 0.3) is 5.56 Å². The highest BCUT2D eigenvalue weighted by atomic mass is 35.5. The van der Waals surface area contributed by atoms with Crippen LogP contribution in [0.25, 0.3) is 11.3 Å². The molecule has 26 heavy (non-hydrogen) atoms. The third-order valence-corrected chi connectivity index (χ3v) is 5.10. The maximum absolute atomic E-state index is 11.7. The molecule has 0 unspecified atom stereocenters. The van der Waals surface area contributed by atoms with Crippen molar-refractivity contribution in [1.82, 2.24) is 4.98 Å². The fraction of sp³-hybridized carbons (Fsp3) is 0.190. The summed E-state index contributed by atoms with van der Waals surface area (Å²) in [6.07, 6.45) is 0. The first kappa shape index (κ1) is 16.7. The molecule has 0 radical (unpaired) electrons. The number of halogens is 1. The Hall–Kier alpha value is -2.72. The fourth-order valence-electron chi connectivity index (χ4n) is 3.34. The topological polar surface area (TPSA) is 39.3 Å². The number of hydrogen-bond donors (Lipinski definition) is 1. The van der Waals surface area contributed by atoms with Gasteiger partial charge in [-0.3, -0.25) is 4.79 Å². The van der Waals surface area contributed by atoms with Crippen molar-refractivity contribution in [2.45, 2.75) is 0 Å². The number of H-pyrrole nitrogens is 1. The molecule has 4 nitrogen and oxygen atoms in total. The molecule has 1 N–H and O–H groups in total. The van der Waals surface area contributed by atoms with Gasteiger partial charge in [-0.2, -0.15) is 0 Å². The molecule has 1 fully saturated rings. The Morgan fingerprint density at radius 2 is 1.31 bits per heavy atom. The standard InChI is InChI=1S/C21H20ClN3O/c22-19-10-11-20(23-21(19)26)16-6-8-18(9-7-16)25-14-12-24(13-15-25)17-4-2-1-3-5-17/h1-11H,12-15H2,(H,23,26). The van der Waals surface area contributed by atoms with Crippen molar-refractivity contribution in [3.8, 4) is 11.3 Å². The number of para-hydroxylation sites is 1. The van der Waals surface area contributed by atoms with E-state index in [-0.39, 0.29) is 10.6 Å². The summed E-state index contributed by atoms with van der Waals surface area (Å²) in [5.41, 5.74) is 3.99. The van der Waals surface area contributed by atoms with E-state index in [1.807, 2.05) is 18.2 Å². The summed E-state index contributed by atoms with van der Waals surface area (Å²) in [7, 11) is 0. The number of pyridine rings is 1. The van der Waals surface area contributed by atoms with Crippen LogP contribution in [-0.2, 0) is 0 Å². The van der Waals surface area contributed by atoms with E-state index in [0.29, 0.717) is 0 Å². The number of nitrogens with one attached hydrogen (secondary N) is 1. The first-order valence-electron chi connectivity index (χ1n) is 8.75. The van der Waals surface area contributed by atoms with Crippen molar-refractivity contribution in [2.24, 2.45) is 0 Å². The predicted molar refractivity (Wildman–Crippen MR) is 108 cm³/mol. The molecule has 1 saturated heterocycles. The molecule has 0 saturated carbocycles. The van der Waals surface area contributed by atoms with Crippen LogP contribution < -0.4 is 15.4 Å². The highest BCUT2D eigenvalue weighted by Gasteiger charge is 2.17. The van der Waals surface area contributed by atoms with Crippen molar-refractivity contribution in [2.75, 3.05) is 36.0 Å². The van der Waals surface area contributed by atoms with Crippen LogP contribution in [0.5, 0.6) is 0 Å². The summed E-state index contributed by atoms with van der Waals surface area (Å²) >= 11 is 5.80. The van der Waals surface area contributed by atoms with E-state index >= 15 is 0 Å². The first-order chi connectivity index (χ1) is 12.7. The molecule has 0 aliphatic carbocycles. The molecule has 2 aromatic carbocycles. The number of aromatic amines is 1. The van der Waals surface area contributed by atoms with Gasteiger partial charge < -0.3 is 14.8 Å². The van der Waals surface area contributed by atoms with Gasteiger partial charge in [0.2, 0.25) is 0 Å². The van der Waals surface area contributed by atoms with E-state index in [0.717, 1.165) is 37.4 Å². The molecule has 1 aromatic heterocycles. The minimum atomic E-state index is -0.259. The number of benzene rings is 2. The minimum Gasteiger partial charge on any atom is -0.368 e. The Morgan fingerprint density at radius 3 is 1.88 bits per heavy atom. The maximum Gasteiger partial charge on any atom is 0.267 e. The SMILES string of the molecule is O=c1[nH]c(-c2ccc(N3CCN(c4ccccc4)CC3)cc2)ccc1Cl. The smallest absolute Gasteiger partial charge is 0.267 e. The lowest BCUT2D eigenvalue weighted by Gasteiger charge is -2.37. The lowest BCUT2D eigenvalue weighted by Crippen LogP contribution is -2.46. The molecule has 2 heterocycles. The van der Waals surface area contributed by atoms with Gasteiger partial charge >= 0.3 is 0 Å². The molecule has 3 aromatic rings. The molecule has 0 spiro atoms. The third kappa shape index (κ3) is 3.46. The van der Waals surface area contributed by atoms with Gasteiger partial charge in [0, 0.05) is 43.2 Å². The second kappa shape index (κ2) is 7.26. The lowest BCUT2D eigenvalue weighted by molar-refractivity contribution is 0.653. The molecule has 4 rings (SSSR count). The van der Waals surface area contributed by atoms with Gasteiger partial charge in [-0.1, -0.05) is 41.9 Å². The average Bonchev–Trinajstić information content (AvgIpc) is 2.71. The van der Waals surface area contributed by atoms with Crippen molar-refractivity contribution in [3.63, 3.8) is 0 Å². The Bertz CT molecular complexity index is 929. The van der Waals surface area contributed by atoms with Crippen LogP contribution >= 0.6 is 11.6 Å². The van der Waals surface area contributed by atoms with Crippen molar-refractivity contribution in [1.29, 1.82) is 0 Å². The van der Waals surface area contributed by atoms with Gasteiger partial charge in [-0.05, 0) is 42.0 Å². The normalized spacial score (nSPS) is 14.5. The molecule has 0 amide bonds. The summed E-state index contributed by atoms with van der Waals surface area (Å²) < 4.78 is 0. The van der Waals surface area contributed by atoms with Crippen molar-refractivity contribution < 1.29 is 0 Å². The van der Waals surface area contributed by atoms with E-state index in [1.54, 1.807) is 6.07 Å². The number of rotatable bonds is 3. The number of piperazine rings is 1. The van der Waals surface area contributed by atoms with E-state index in [9.17, 15) is 4.79 Å². The molecular weight excluding hydrogens is 346 g/mol. The number of anilines is 2. The summed E-state index contributed by atoms with van der Waals surface area (Å²) in [6, 6.07) is 22.3. The zero-order chi connectivity index (χ0) is 17.9. The van der Waals surface area contributed by atoms with Crippen LogP contribution in [0.1, 0.15) is 0 Å². The Morgan fingerprint density at radius 1 is 0.731 bits per heavy atom. The monoisotopic (exact) mass is 365 g/mol. The van der Waals surface area contributed by atoms with Crippen LogP contribution in [0.15, 0.2) is 71.5 Å².